The molecule has 1 N–H and O–H groups in total. The molecule has 0 radical (unpaired) electrons. The first kappa shape index (κ1) is 32.4. The van der Waals surface area contributed by atoms with E-state index in [2.05, 4.69) is 55.1 Å². The number of methoxy groups -OCH3 is 1. The van der Waals surface area contributed by atoms with Crippen molar-refractivity contribution in [2.45, 2.75) is 91.2 Å². The van der Waals surface area contributed by atoms with Gasteiger partial charge in [-0.3, -0.25) is 9.69 Å². The highest BCUT2D eigenvalue weighted by molar-refractivity contribution is 5.75. The summed E-state index contributed by atoms with van der Waals surface area (Å²) in [6, 6.07) is 28.1. The number of hydrogen-bond donors (Lipinski definition) is 1. The maximum atomic E-state index is 14.4. The summed E-state index contributed by atoms with van der Waals surface area (Å²) in [4.78, 5) is 16.9. The first-order valence-electron chi connectivity index (χ1n) is 16.2. The summed E-state index contributed by atoms with van der Waals surface area (Å²) in [6.45, 7) is 13.9. The van der Waals surface area contributed by atoms with Gasteiger partial charge in [-0.25, -0.2) is 0 Å². The smallest absolute Gasteiger partial charge is 0.314 e. The molecule has 0 aromatic heterocycles. The van der Waals surface area contributed by atoms with Crippen molar-refractivity contribution in [1.29, 1.82) is 0 Å². The summed E-state index contributed by atoms with van der Waals surface area (Å²) < 4.78 is 12.4. The summed E-state index contributed by atoms with van der Waals surface area (Å²) in [7, 11) is 1.85. The lowest BCUT2D eigenvalue weighted by Gasteiger charge is -2.48. The van der Waals surface area contributed by atoms with E-state index in [1.54, 1.807) is 0 Å². The molecule has 0 saturated heterocycles. The quantitative estimate of drug-likeness (QED) is 0.227. The highest BCUT2D eigenvalue weighted by atomic mass is 16.6. The fourth-order valence-electron chi connectivity index (χ4n) is 8.20. The third kappa shape index (κ3) is 6.38. The molecule has 3 aromatic carbocycles. The molecule has 44 heavy (non-hydrogen) atoms. The van der Waals surface area contributed by atoms with E-state index < -0.39 is 29.6 Å². The van der Waals surface area contributed by atoms with E-state index in [4.69, 9.17) is 9.47 Å². The molecular formula is C39H51NO4. The number of esters is 1. The third-order valence-corrected chi connectivity index (χ3v) is 10.7. The number of ether oxygens (including phenoxy) is 2. The Morgan fingerprint density at radius 2 is 1.57 bits per heavy atom. The Bertz CT molecular complexity index is 1380. The predicted molar refractivity (Wildman–Crippen MR) is 176 cm³/mol. The van der Waals surface area contributed by atoms with Gasteiger partial charge >= 0.3 is 5.97 Å². The first-order valence-corrected chi connectivity index (χ1v) is 16.2. The molecule has 2 aliphatic carbocycles. The van der Waals surface area contributed by atoms with Gasteiger partial charge in [-0.1, -0.05) is 104 Å². The van der Waals surface area contributed by atoms with Crippen molar-refractivity contribution < 1.29 is 19.4 Å². The zero-order valence-electron chi connectivity index (χ0n) is 27.6. The van der Waals surface area contributed by atoms with Crippen LogP contribution in [0, 0.1) is 29.6 Å². The summed E-state index contributed by atoms with van der Waals surface area (Å²) in [5.41, 5.74) is 3.23. The van der Waals surface area contributed by atoms with Gasteiger partial charge in [0.25, 0.3) is 0 Å². The number of rotatable bonds is 11. The van der Waals surface area contributed by atoms with Crippen LogP contribution in [-0.2, 0) is 20.8 Å². The number of aliphatic hydroxyl groups is 1. The third-order valence-electron chi connectivity index (χ3n) is 10.7. The van der Waals surface area contributed by atoms with Crippen molar-refractivity contribution in [3.8, 4) is 0 Å². The maximum absolute atomic E-state index is 14.4. The molecule has 2 saturated carbocycles. The van der Waals surface area contributed by atoms with E-state index in [-0.39, 0.29) is 16.9 Å². The standard InChI is InChI=1S/C39H51NO4/c1-27-18-20-30(21-19-27)35(41)33(36(42)44-37(2,3)4)34(29-16-12-9-13-17-29)40(25-28-14-10-8-11-15-28)26-39-23-22-31(38(39,5)6)24-32(39)43-7/h8-21,31-35,41H,22-26H2,1-7H3/t31-,32-,33?,34?,35?,39-/m1/s1. The molecule has 6 atom stereocenters. The number of hydrogen-bond acceptors (Lipinski definition) is 5. The molecule has 5 heteroatoms. The number of aliphatic hydroxyl groups excluding tert-OH is 1. The Balaban J connectivity index is 1.69. The second-order valence-corrected chi connectivity index (χ2v) is 14.7. The predicted octanol–water partition coefficient (Wildman–Crippen LogP) is 8.07. The minimum Gasteiger partial charge on any atom is -0.460 e. The molecular weight excluding hydrogens is 546 g/mol. The molecule has 236 valence electrons. The van der Waals surface area contributed by atoms with E-state index >= 15 is 0 Å². The summed E-state index contributed by atoms with van der Waals surface area (Å²) >= 11 is 0. The largest absolute Gasteiger partial charge is 0.460 e. The lowest BCUT2D eigenvalue weighted by atomic mass is 9.67. The van der Waals surface area contributed by atoms with Crippen LogP contribution < -0.4 is 0 Å². The van der Waals surface area contributed by atoms with Gasteiger partial charge in [0.05, 0.1) is 18.2 Å². The molecule has 0 aliphatic heterocycles. The summed E-state index contributed by atoms with van der Waals surface area (Å²) in [5, 5.41) is 12.2. The van der Waals surface area contributed by atoms with Crippen molar-refractivity contribution in [2.75, 3.05) is 13.7 Å². The van der Waals surface area contributed by atoms with E-state index in [1.807, 2.05) is 83.3 Å². The normalized spacial score (nSPS) is 24.7. The molecule has 2 aliphatic rings. The maximum Gasteiger partial charge on any atom is 0.314 e. The van der Waals surface area contributed by atoms with Crippen molar-refractivity contribution in [3.05, 3.63) is 107 Å². The van der Waals surface area contributed by atoms with Gasteiger partial charge < -0.3 is 14.6 Å². The number of nitrogens with zero attached hydrogens (tertiary/aromatic N) is 1. The number of carbonyl (C=O) groups excluding carboxylic acids is 1. The molecule has 0 amide bonds. The van der Waals surface area contributed by atoms with Crippen LogP contribution >= 0.6 is 0 Å². The molecule has 0 spiro atoms. The molecule has 2 bridgehead atoms. The monoisotopic (exact) mass is 597 g/mol. The number of benzene rings is 3. The molecule has 0 heterocycles. The SMILES string of the molecule is CO[C@@H]1C[C@H]2CC[C@]1(CN(Cc1ccccc1)C(c1ccccc1)C(C(=O)OC(C)(C)C)C(O)c1ccc(C)cc1)C2(C)C. The zero-order valence-corrected chi connectivity index (χ0v) is 27.6. The van der Waals surface area contributed by atoms with Gasteiger partial charge in [0.1, 0.15) is 11.5 Å². The zero-order chi connectivity index (χ0) is 31.7. The molecule has 3 unspecified atom stereocenters. The fourth-order valence-corrected chi connectivity index (χ4v) is 8.20. The summed E-state index contributed by atoms with van der Waals surface area (Å²) in [5.74, 6) is -0.670. The second kappa shape index (κ2) is 12.8. The number of carbonyl (C=O) groups is 1. The van der Waals surface area contributed by atoms with E-state index in [0.29, 0.717) is 18.0 Å². The fraction of sp³-hybridized carbons (Fsp3) is 0.513. The van der Waals surface area contributed by atoms with Crippen molar-refractivity contribution >= 4 is 5.97 Å². The number of fused-ring (bicyclic) bond motifs is 2. The lowest BCUT2D eigenvalue weighted by Crippen LogP contribution is -2.51. The van der Waals surface area contributed by atoms with Crippen LogP contribution in [-0.4, -0.2) is 41.3 Å². The Labute approximate surface area is 264 Å². The van der Waals surface area contributed by atoms with E-state index in [9.17, 15) is 9.90 Å². The van der Waals surface area contributed by atoms with Crippen molar-refractivity contribution in [2.24, 2.45) is 22.7 Å². The van der Waals surface area contributed by atoms with Crippen LogP contribution in [0.2, 0.25) is 0 Å². The van der Waals surface area contributed by atoms with Crippen LogP contribution in [0.5, 0.6) is 0 Å². The second-order valence-electron chi connectivity index (χ2n) is 14.7. The van der Waals surface area contributed by atoms with E-state index in [0.717, 1.165) is 36.1 Å². The number of aryl methyl sites for hydroxylation is 1. The highest BCUT2D eigenvalue weighted by Gasteiger charge is 2.65. The average molecular weight is 598 g/mol. The Hall–Kier alpha value is -2.99. The molecule has 5 rings (SSSR count). The van der Waals surface area contributed by atoms with Crippen LogP contribution in [0.3, 0.4) is 0 Å². The van der Waals surface area contributed by atoms with Gasteiger partial charge in [0.15, 0.2) is 0 Å². The van der Waals surface area contributed by atoms with Crippen molar-refractivity contribution in [3.63, 3.8) is 0 Å². The van der Waals surface area contributed by atoms with E-state index in [1.165, 1.54) is 6.42 Å². The lowest BCUT2D eigenvalue weighted by molar-refractivity contribution is -0.170. The van der Waals surface area contributed by atoms with Crippen LogP contribution in [0.4, 0.5) is 0 Å². The summed E-state index contributed by atoms with van der Waals surface area (Å²) in [6.07, 6.45) is 2.38. The average Bonchev–Trinajstić information content (AvgIpc) is 3.35. The Morgan fingerprint density at radius 1 is 0.955 bits per heavy atom. The van der Waals surface area contributed by atoms with Gasteiger partial charge in [-0.05, 0) is 75.0 Å². The van der Waals surface area contributed by atoms with Crippen molar-refractivity contribution in [1.82, 2.24) is 4.90 Å². The molecule has 2 fully saturated rings. The van der Waals surface area contributed by atoms with Gasteiger partial charge in [0, 0.05) is 25.6 Å². The minimum atomic E-state index is -1.07. The van der Waals surface area contributed by atoms with Crippen LogP contribution in [0.1, 0.15) is 88.3 Å². The molecule has 3 aromatic rings. The van der Waals surface area contributed by atoms with Gasteiger partial charge in [-0.2, -0.15) is 0 Å². The minimum absolute atomic E-state index is 0.0703. The first-order chi connectivity index (χ1) is 20.9. The van der Waals surface area contributed by atoms with Crippen LogP contribution in [0.15, 0.2) is 84.9 Å². The topological polar surface area (TPSA) is 59.0 Å². The Kier molecular flexibility index (Phi) is 9.42. The molecule has 5 nitrogen and oxygen atoms in total. The Morgan fingerprint density at radius 3 is 2.14 bits per heavy atom. The highest BCUT2D eigenvalue weighted by Crippen LogP contribution is 2.67. The van der Waals surface area contributed by atoms with Crippen LogP contribution in [0.25, 0.3) is 0 Å². The van der Waals surface area contributed by atoms with Gasteiger partial charge in [-0.15, -0.1) is 0 Å². The van der Waals surface area contributed by atoms with Gasteiger partial charge in [0.2, 0.25) is 0 Å².